The lowest BCUT2D eigenvalue weighted by molar-refractivity contribution is -0.134. The van der Waals surface area contributed by atoms with E-state index in [4.69, 9.17) is 0 Å². The van der Waals surface area contributed by atoms with Crippen LogP contribution in [0.4, 0.5) is 13.2 Å². The van der Waals surface area contributed by atoms with Crippen molar-refractivity contribution in [2.75, 3.05) is 0 Å². The van der Waals surface area contributed by atoms with Gasteiger partial charge in [-0.2, -0.15) is 13.2 Å². The smallest absolute Gasteiger partial charge is 0.165 e. The monoisotopic (exact) mass is 230 g/mol. The Balaban J connectivity index is 2.96. The molecule has 0 saturated heterocycles. The molecular weight excluding hydrogens is 229 g/mol. The van der Waals surface area contributed by atoms with Gasteiger partial charge < -0.3 is 0 Å². The zero-order valence-corrected chi connectivity index (χ0v) is 6.98. The van der Waals surface area contributed by atoms with Gasteiger partial charge in [0.15, 0.2) is 0 Å². The molecule has 0 unspecified atom stereocenters. The summed E-state index contributed by atoms with van der Waals surface area (Å²) in [6.07, 6.45) is -4.20. The Morgan fingerprint density at radius 1 is 1.30 bits per heavy atom. The Kier molecular flexibility index (Phi) is 2.05. The fourth-order valence-corrected chi connectivity index (χ4v) is 1.72. The van der Waals surface area contributed by atoms with Crippen molar-refractivity contribution in [3.63, 3.8) is 0 Å². The fraction of sp³-hybridized carbons (Fsp3) is 0.200. The van der Waals surface area contributed by atoms with E-state index >= 15 is 0 Å². The molecule has 10 heavy (non-hydrogen) atoms. The first-order chi connectivity index (χ1) is 4.50. The van der Waals surface area contributed by atoms with Crippen molar-refractivity contribution in [3.05, 3.63) is 20.8 Å². The number of hydrogen-bond acceptors (Lipinski definition) is 1. The zero-order chi connectivity index (χ0) is 7.78. The zero-order valence-electron chi connectivity index (χ0n) is 4.57. The van der Waals surface area contributed by atoms with Gasteiger partial charge in [-0.3, -0.25) is 0 Å². The molecule has 0 aliphatic carbocycles. The molecule has 0 saturated carbocycles. The van der Waals surface area contributed by atoms with Crippen molar-refractivity contribution in [1.29, 1.82) is 0 Å². The Morgan fingerprint density at radius 3 is 2.10 bits per heavy atom. The maximum atomic E-state index is 11.8. The number of rotatable bonds is 0. The lowest BCUT2D eigenvalue weighted by Gasteiger charge is -1.99. The average Bonchev–Trinajstić information content (AvgIpc) is 2.11. The normalized spacial score (nSPS) is 12.0. The van der Waals surface area contributed by atoms with Gasteiger partial charge in [-0.1, -0.05) is 0 Å². The highest BCUT2D eigenvalue weighted by molar-refractivity contribution is 9.11. The van der Waals surface area contributed by atoms with Crippen LogP contribution in [0.3, 0.4) is 0 Å². The van der Waals surface area contributed by atoms with E-state index in [0.717, 1.165) is 6.07 Å². The van der Waals surface area contributed by atoms with Crippen LogP contribution in [-0.4, -0.2) is 0 Å². The van der Waals surface area contributed by atoms with Gasteiger partial charge in [0, 0.05) is 0 Å². The van der Waals surface area contributed by atoms with Crippen LogP contribution in [0.5, 0.6) is 0 Å². The summed E-state index contributed by atoms with van der Waals surface area (Å²) < 4.78 is 35.9. The third kappa shape index (κ3) is 1.73. The van der Waals surface area contributed by atoms with Gasteiger partial charge in [-0.05, 0) is 28.1 Å². The van der Waals surface area contributed by atoms with Crippen molar-refractivity contribution in [2.45, 2.75) is 6.18 Å². The summed E-state index contributed by atoms with van der Waals surface area (Å²) in [4.78, 5) is -0.570. The molecular formula is C5H2BrF3S. The fourth-order valence-electron chi connectivity index (χ4n) is 0.467. The van der Waals surface area contributed by atoms with Crippen molar-refractivity contribution in [3.8, 4) is 0 Å². The first-order valence-electron chi connectivity index (χ1n) is 2.32. The van der Waals surface area contributed by atoms with Crippen LogP contribution in [0.1, 0.15) is 4.88 Å². The summed E-state index contributed by atoms with van der Waals surface area (Å²) in [6, 6.07) is 2.43. The van der Waals surface area contributed by atoms with E-state index in [1.165, 1.54) is 6.07 Å². The number of thiophene rings is 1. The van der Waals surface area contributed by atoms with Crippen molar-refractivity contribution in [1.82, 2.24) is 0 Å². The molecule has 0 amide bonds. The highest BCUT2D eigenvalue weighted by Crippen LogP contribution is 2.36. The van der Waals surface area contributed by atoms with Crippen LogP contribution >= 0.6 is 27.3 Å². The topological polar surface area (TPSA) is 0 Å². The molecule has 0 spiro atoms. The van der Waals surface area contributed by atoms with E-state index < -0.39 is 11.1 Å². The third-order valence-electron chi connectivity index (χ3n) is 0.853. The van der Waals surface area contributed by atoms with Gasteiger partial charge in [0.05, 0.1) is 3.79 Å². The van der Waals surface area contributed by atoms with Crippen molar-refractivity contribution >= 4 is 27.3 Å². The molecule has 0 N–H and O–H groups in total. The van der Waals surface area contributed by atoms with Crippen LogP contribution in [0.25, 0.3) is 0 Å². The summed E-state index contributed by atoms with van der Waals surface area (Å²) in [7, 11) is 0. The van der Waals surface area contributed by atoms with Crippen LogP contribution in [0, 0.1) is 0 Å². The molecule has 0 aliphatic rings. The maximum absolute atomic E-state index is 11.8. The molecule has 0 nitrogen and oxygen atoms in total. The third-order valence-corrected chi connectivity index (χ3v) is 2.52. The van der Waals surface area contributed by atoms with E-state index in [1.54, 1.807) is 0 Å². The largest absolute Gasteiger partial charge is 0.425 e. The summed E-state index contributed by atoms with van der Waals surface area (Å²) in [5, 5.41) is 0. The molecule has 0 radical (unpaired) electrons. The second kappa shape index (κ2) is 2.54. The molecule has 5 heteroatoms. The van der Waals surface area contributed by atoms with Gasteiger partial charge >= 0.3 is 6.18 Å². The molecule has 1 heterocycles. The molecule has 0 aliphatic heterocycles. The molecule has 56 valence electrons. The van der Waals surface area contributed by atoms with Gasteiger partial charge in [-0.25, -0.2) is 0 Å². The number of hydrogen-bond donors (Lipinski definition) is 0. The lowest BCUT2D eigenvalue weighted by Crippen LogP contribution is -2.00. The second-order valence-corrected chi connectivity index (χ2v) is 4.06. The van der Waals surface area contributed by atoms with Crippen LogP contribution in [0.2, 0.25) is 0 Å². The van der Waals surface area contributed by atoms with Crippen LogP contribution in [0.15, 0.2) is 15.9 Å². The van der Waals surface area contributed by atoms with E-state index in [9.17, 15) is 13.2 Å². The SMILES string of the molecule is FC(F)(F)c1ccc(Br)s1. The molecule has 0 bridgehead atoms. The molecule has 1 aromatic heterocycles. The Bertz CT molecular complexity index is 227. The number of halogens is 4. The van der Waals surface area contributed by atoms with E-state index in [-0.39, 0.29) is 0 Å². The predicted molar refractivity (Wildman–Crippen MR) is 37.0 cm³/mol. The number of alkyl halides is 3. The highest BCUT2D eigenvalue weighted by Gasteiger charge is 2.31. The molecule has 0 atom stereocenters. The Hall–Kier alpha value is -0.0300. The van der Waals surface area contributed by atoms with Gasteiger partial charge in [0.1, 0.15) is 4.88 Å². The molecule has 0 fully saturated rings. The molecule has 1 aromatic rings. The van der Waals surface area contributed by atoms with E-state index in [1.807, 2.05) is 0 Å². The van der Waals surface area contributed by atoms with Crippen molar-refractivity contribution < 1.29 is 13.2 Å². The van der Waals surface area contributed by atoms with E-state index in [0.29, 0.717) is 15.1 Å². The second-order valence-electron chi connectivity index (χ2n) is 1.60. The van der Waals surface area contributed by atoms with Crippen LogP contribution in [-0.2, 0) is 6.18 Å². The van der Waals surface area contributed by atoms with Gasteiger partial charge in [0.25, 0.3) is 0 Å². The quantitative estimate of drug-likeness (QED) is 0.640. The van der Waals surface area contributed by atoms with Crippen LogP contribution < -0.4 is 0 Å². The van der Waals surface area contributed by atoms with E-state index in [2.05, 4.69) is 15.9 Å². The first kappa shape index (κ1) is 8.07. The average molecular weight is 231 g/mol. The minimum absolute atomic E-state index is 0.500. The van der Waals surface area contributed by atoms with Crippen molar-refractivity contribution in [2.24, 2.45) is 0 Å². The summed E-state index contributed by atoms with van der Waals surface area (Å²) in [6.45, 7) is 0. The predicted octanol–water partition coefficient (Wildman–Crippen LogP) is 3.53. The molecule has 0 aromatic carbocycles. The standard InChI is InChI=1S/C5H2BrF3S/c6-4-2-1-3(10-4)5(7,8)9/h1-2H. The Morgan fingerprint density at radius 2 is 1.90 bits per heavy atom. The Labute approximate surface area is 67.8 Å². The summed E-state index contributed by atoms with van der Waals surface area (Å²) in [5.74, 6) is 0. The minimum atomic E-state index is -4.20. The summed E-state index contributed by atoms with van der Waals surface area (Å²) >= 11 is 3.63. The minimum Gasteiger partial charge on any atom is -0.165 e. The maximum Gasteiger partial charge on any atom is 0.425 e. The highest BCUT2D eigenvalue weighted by atomic mass is 79.9. The molecule has 1 rings (SSSR count). The lowest BCUT2D eigenvalue weighted by atomic mass is 10.5. The van der Waals surface area contributed by atoms with Gasteiger partial charge in [0.2, 0.25) is 0 Å². The summed E-state index contributed by atoms with van der Waals surface area (Å²) in [5.41, 5.74) is 0. The van der Waals surface area contributed by atoms with Gasteiger partial charge in [-0.15, -0.1) is 11.3 Å². The first-order valence-corrected chi connectivity index (χ1v) is 3.93.